The topological polar surface area (TPSA) is 38.8 Å². The first-order chi connectivity index (χ1) is 13.3. The largest absolute Gasteiger partial charge is 0.497 e. The Morgan fingerprint density at radius 3 is 2.19 bits per heavy atom. The van der Waals surface area contributed by atoms with Gasteiger partial charge in [0, 0.05) is 12.0 Å². The number of rotatable bonds is 5. The molecule has 4 nitrogen and oxygen atoms in total. The number of Topliss-reactive ketones (excluding diaryl/α,β-unsaturated/α-hetero) is 1. The molecule has 0 N–H and O–H groups in total. The van der Waals surface area contributed by atoms with E-state index in [2.05, 4.69) is 0 Å². The lowest BCUT2D eigenvalue weighted by Crippen LogP contribution is -2.35. The molecule has 0 saturated carbocycles. The minimum Gasteiger partial charge on any atom is -0.497 e. The summed E-state index contributed by atoms with van der Waals surface area (Å²) < 4.78 is 5.23. The summed E-state index contributed by atoms with van der Waals surface area (Å²) in [6.45, 7) is 0. The SMILES string of the molecule is COc1ccc(C2CC(C(=O)c3ccccc3)N(c3ccccc3)O2)cc1. The van der Waals surface area contributed by atoms with E-state index in [4.69, 9.17) is 9.57 Å². The molecule has 136 valence electrons. The van der Waals surface area contributed by atoms with Crippen molar-refractivity contribution < 1.29 is 14.4 Å². The Kier molecular flexibility index (Phi) is 4.90. The molecule has 4 rings (SSSR count). The number of para-hydroxylation sites is 1. The molecule has 0 bridgehead atoms. The van der Waals surface area contributed by atoms with Crippen molar-refractivity contribution in [2.24, 2.45) is 0 Å². The van der Waals surface area contributed by atoms with Crippen LogP contribution in [0.15, 0.2) is 84.9 Å². The second-order valence-electron chi connectivity index (χ2n) is 6.51. The summed E-state index contributed by atoms with van der Waals surface area (Å²) in [5.41, 5.74) is 2.60. The van der Waals surface area contributed by atoms with E-state index in [-0.39, 0.29) is 17.9 Å². The summed E-state index contributed by atoms with van der Waals surface area (Å²) in [6, 6.07) is 26.6. The van der Waals surface area contributed by atoms with Gasteiger partial charge in [-0.2, -0.15) is 0 Å². The third kappa shape index (κ3) is 3.57. The first-order valence-corrected chi connectivity index (χ1v) is 9.00. The lowest BCUT2D eigenvalue weighted by atomic mass is 9.96. The molecule has 3 aromatic rings. The molecule has 2 atom stereocenters. The molecule has 0 aliphatic carbocycles. The van der Waals surface area contributed by atoms with Crippen LogP contribution in [0.2, 0.25) is 0 Å². The number of hydrogen-bond donors (Lipinski definition) is 0. The van der Waals surface area contributed by atoms with E-state index in [1.807, 2.05) is 84.9 Å². The van der Waals surface area contributed by atoms with Crippen molar-refractivity contribution >= 4 is 11.5 Å². The normalized spacial score (nSPS) is 19.1. The highest BCUT2D eigenvalue weighted by Crippen LogP contribution is 2.38. The maximum absolute atomic E-state index is 13.2. The van der Waals surface area contributed by atoms with E-state index in [1.54, 1.807) is 12.2 Å². The van der Waals surface area contributed by atoms with Gasteiger partial charge in [-0.05, 0) is 29.8 Å². The summed E-state index contributed by atoms with van der Waals surface area (Å²) >= 11 is 0. The van der Waals surface area contributed by atoms with Crippen molar-refractivity contribution in [2.45, 2.75) is 18.6 Å². The van der Waals surface area contributed by atoms with E-state index in [9.17, 15) is 4.79 Å². The second-order valence-corrected chi connectivity index (χ2v) is 6.51. The zero-order chi connectivity index (χ0) is 18.6. The average Bonchev–Trinajstić information content (AvgIpc) is 3.20. The Labute approximate surface area is 158 Å². The average molecular weight is 359 g/mol. The summed E-state index contributed by atoms with van der Waals surface area (Å²) in [5, 5.41) is 1.75. The van der Waals surface area contributed by atoms with Gasteiger partial charge in [-0.1, -0.05) is 60.7 Å². The van der Waals surface area contributed by atoms with Gasteiger partial charge < -0.3 is 4.74 Å². The van der Waals surface area contributed by atoms with Gasteiger partial charge in [-0.3, -0.25) is 9.63 Å². The second kappa shape index (κ2) is 7.64. The molecule has 0 aromatic heterocycles. The number of nitrogens with zero attached hydrogens (tertiary/aromatic N) is 1. The standard InChI is InChI=1S/C23H21NO3/c1-26-20-14-12-17(13-15-20)22-16-21(23(25)18-8-4-2-5-9-18)24(27-22)19-10-6-3-7-11-19/h2-15,21-22H,16H2,1H3. The molecule has 0 spiro atoms. The van der Waals surface area contributed by atoms with Crippen LogP contribution in [0.5, 0.6) is 5.75 Å². The smallest absolute Gasteiger partial charge is 0.187 e. The summed E-state index contributed by atoms with van der Waals surface area (Å²) in [5.74, 6) is 0.865. The highest BCUT2D eigenvalue weighted by molar-refractivity contribution is 6.02. The Morgan fingerprint density at radius 2 is 1.56 bits per heavy atom. The van der Waals surface area contributed by atoms with Crippen LogP contribution >= 0.6 is 0 Å². The minimum absolute atomic E-state index is 0.0652. The number of benzene rings is 3. The van der Waals surface area contributed by atoms with Gasteiger partial charge >= 0.3 is 0 Å². The van der Waals surface area contributed by atoms with E-state index >= 15 is 0 Å². The number of carbonyl (C=O) groups is 1. The third-order valence-electron chi connectivity index (χ3n) is 4.82. The zero-order valence-electron chi connectivity index (χ0n) is 15.1. The molecule has 1 saturated heterocycles. The predicted octanol–water partition coefficient (Wildman–Crippen LogP) is 4.83. The number of hydroxylamine groups is 1. The van der Waals surface area contributed by atoms with Crippen molar-refractivity contribution in [1.29, 1.82) is 0 Å². The van der Waals surface area contributed by atoms with E-state index < -0.39 is 0 Å². The number of anilines is 1. The third-order valence-corrected chi connectivity index (χ3v) is 4.82. The van der Waals surface area contributed by atoms with Crippen LogP contribution in [0.4, 0.5) is 5.69 Å². The first kappa shape index (κ1) is 17.3. The molecule has 1 aliphatic heterocycles. The van der Waals surface area contributed by atoms with Crippen LogP contribution in [0.3, 0.4) is 0 Å². The highest BCUT2D eigenvalue weighted by atomic mass is 16.7. The Balaban J connectivity index is 1.65. The molecule has 4 heteroatoms. The van der Waals surface area contributed by atoms with Gasteiger partial charge in [0.25, 0.3) is 0 Å². The fraction of sp³-hybridized carbons (Fsp3) is 0.174. The maximum Gasteiger partial charge on any atom is 0.187 e. The van der Waals surface area contributed by atoms with Crippen LogP contribution in [0.1, 0.15) is 28.4 Å². The zero-order valence-corrected chi connectivity index (χ0v) is 15.1. The molecule has 3 aromatic carbocycles. The number of ketones is 1. The van der Waals surface area contributed by atoms with Gasteiger partial charge in [0.15, 0.2) is 5.78 Å². The number of carbonyl (C=O) groups excluding carboxylic acids is 1. The van der Waals surface area contributed by atoms with E-state index in [0.717, 1.165) is 17.0 Å². The molecule has 1 aliphatic rings. The van der Waals surface area contributed by atoms with Crippen LogP contribution < -0.4 is 9.80 Å². The van der Waals surface area contributed by atoms with Crippen molar-refractivity contribution in [2.75, 3.05) is 12.2 Å². The number of ether oxygens (including phenoxy) is 1. The number of methoxy groups -OCH3 is 1. The molecule has 0 radical (unpaired) electrons. The van der Waals surface area contributed by atoms with Gasteiger partial charge in [0.1, 0.15) is 17.9 Å². The van der Waals surface area contributed by atoms with Crippen LogP contribution in [0, 0.1) is 0 Å². The van der Waals surface area contributed by atoms with Crippen molar-refractivity contribution in [3.05, 3.63) is 96.1 Å². The van der Waals surface area contributed by atoms with Crippen LogP contribution in [-0.2, 0) is 4.84 Å². The molecule has 1 heterocycles. The molecule has 2 unspecified atom stereocenters. The summed E-state index contributed by atoms with van der Waals surface area (Å²) in [7, 11) is 1.65. The monoisotopic (exact) mass is 359 g/mol. The van der Waals surface area contributed by atoms with Crippen molar-refractivity contribution in [1.82, 2.24) is 0 Å². The van der Waals surface area contributed by atoms with Crippen molar-refractivity contribution in [3.63, 3.8) is 0 Å². The predicted molar refractivity (Wildman–Crippen MR) is 105 cm³/mol. The van der Waals surface area contributed by atoms with Gasteiger partial charge in [-0.15, -0.1) is 0 Å². The highest BCUT2D eigenvalue weighted by Gasteiger charge is 2.39. The van der Waals surface area contributed by atoms with Gasteiger partial charge in [0.05, 0.1) is 12.8 Å². The summed E-state index contributed by atoms with van der Waals surface area (Å²) in [4.78, 5) is 19.4. The Bertz CT molecular complexity index is 894. The lowest BCUT2D eigenvalue weighted by molar-refractivity contribution is 0.0772. The van der Waals surface area contributed by atoms with Crippen LogP contribution in [-0.4, -0.2) is 18.9 Å². The fourth-order valence-electron chi connectivity index (χ4n) is 3.39. The minimum atomic E-state index is -0.373. The summed E-state index contributed by atoms with van der Waals surface area (Å²) in [6.07, 6.45) is 0.406. The molecular formula is C23H21NO3. The van der Waals surface area contributed by atoms with Gasteiger partial charge in [-0.25, -0.2) is 5.06 Å². The van der Waals surface area contributed by atoms with Gasteiger partial charge in [0.2, 0.25) is 0 Å². The fourth-order valence-corrected chi connectivity index (χ4v) is 3.39. The maximum atomic E-state index is 13.2. The van der Waals surface area contributed by atoms with E-state index in [0.29, 0.717) is 12.0 Å². The molecule has 0 amide bonds. The van der Waals surface area contributed by atoms with Crippen molar-refractivity contribution in [3.8, 4) is 5.75 Å². The lowest BCUT2D eigenvalue weighted by Gasteiger charge is -2.24. The quantitative estimate of drug-likeness (QED) is 0.612. The van der Waals surface area contributed by atoms with E-state index in [1.165, 1.54) is 0 Å². The Morgan fingerprint density at radius 1 is 0.926 bits per heavy atom. The molecule has 1 fully saturated rings. The number of hydrogen-bond acceptors (Lipinski definition) is 4. The first-order valence-electron chi connectivity index (χ1n) is 9.00. The Hall–Kier alpha value is -3.11. The molecule has 27 heavy (non-hydrogen) atoms. The van der Waals surface area contributed by atoms with Crippen LogP contribution in [0.25, 0.3) is 0 Å². The molecular weight excluding hydrogens is 338 g/mol.